The van der Waals surface area contributed by atoms with E-state index in [4.69, 9.17) is 10.2 Å². The van der Waals surface area contributed by atoms with Crippen LogP contribution < -0.4 is 0 Å². The molecule has 4 rings (SSSR count). The fraction of sp³-hybridized carbons (Fsp3) is 0.833. The van der Waals surface area contributed by atoms with Crippen LogP contribution in [0.2, 0.25) is 0 Å². The van der Waals surface area contributed by atoms with Crippen LogP contribution in [0.1, 0.15) is 25.7 Å². The number of hydrogen-bond acceptors (Lipinski definition) is 2. The Morgan fingerprint density at radius 1 is 0.850 bits per heavy atom. The topological polar surface area (TPSA) is 74.6 Å². The molecule has 0 aliphatic heterocycles. The molecule has 0 aromatic carbocycles. The fourth-order valence-corrected chi connectivity index (χ4v) is 4.46. The van der Waals surface area contributed by atoms with Crippen molar-refractivity contribution in [2.75, 3.05) is 0 Å². The van der Waals surface area contributed by atoms with E-state index < -0.39 is 72.1 Å². The Kier molecular flexibility index (Phi) is 2.24. The Hall–Kier alpha value is -1.34. The molecule has 0 aromatic heterocycles. The third-order valence-corrected chi connectivity index (χ3v) is 5.48. The molecular formula is C12H12F4O4. The Morgan fingerprint density at radius 3 is 1.50 bits per heavy atom. The lowest BCUT2D eigenvalue weighted by atomic mass is 9.41. The Morgan fingerprint density at radius 2 is 1.20 bits per heavy atom. The first kappa shape index (κ1) is 13.6. The van der Waals surface area contributed by atoms with Crippen molar-refractivity contribution in [3.05, 3.63) is 0 Å². The van der Waals surface area contributed by atoms with E-state index in [1.54, 1.807) is 0 Å². The third-order valence-electron chi connectivity index (χ3n) is 5.48. The summed E-state index contributed by atoms with van der Waals surface area (Å²) in [6, 6.07) is 0. The highest BCUT2D eigenvalue weighted by Gasteiger charge is 2.84. The van der Waals surface area contributed by atoms with E-state index in [0.29, 0.717) is 0 Å². The van der Waals surface area contributed by atoms with Gasteiger partial charge >= 0.3 is 11.9 Å². The molecule has 0 saturated heterocycles. The first-order valence-corrected chi connectivity index (χ1v) is 6.24. The van der Waals surface area contributed by atoms with Crippen molar-refractivity contribution in [1.29, 1.82) is 0 Å². The normalized spacial score (nSPS) is 47.2. The predicted octanol–water partition coefficient (Wildman–Crippen LogP) is 2.23. The van der Waals surface area contributed by atoms with Crippen molar-refractivity contribution >= 4 is 11.9 Å². The number of rotatable bonds is 2. The zero-order valence-corrected chi connectivity index (χ0v) is 10.2. The minimum Gasteiger partial charge on any atom is -0.481 e. The molecule has 0 aromatic rings. The third kappa shape index (κ3) is 1.11. The second-order valence-electron chi connectivity index (χ2n) is 6.24. The molecule has 8 heteroatoms. The van der Waals surface area contributed by atoms with Crippen molar-refractivity contribution < 1.29 is 37.4 Å². The van der Waals surface area contributed by atoms with Crippen LogP contribution in [0, 0.1) is 22.7 Å². The predicted molar refractivity (Wildman–Crippen MR) is 55.5 cm³/mol. The summed E-state index contributed by atoms with van der Waals surface area (Å²) < 4.78 is 57.1. The van der Waals surface area contributed by atoms with Crippen molar-refractivity contribution in [3.8, 4) is 0 Å². The van der Waals surface area contributed by atoms with Gasteiger partial charge in [-0.1, -0.05) is 0 Å². The summed E-state index contributed by atoms with van der Waals surface area (Å²) in [5, 5.41) is 18.3. The second-order valence-corrected chi connectivity index (χ2v) is 6.24. The molecular weight excluding hydrogens is 284 g/mol. The van der Waals surface area contributed by atoms with E-state index in [-0.39, 0.29) is 0 Å². The summed E-state index contributed by atoms with van der Waals surface area (Å²) in [5.74, 6) is -14.3. The lowest BCUT2D eigenvalue weighted by Crippen LogP contribution is -2.74. The summed E-state index contributed by atoms with van der Waals surface area (Å²) in [6.07, 6.45) is -3.47. The molecule has 0 spiro atoms. The Balaban J connectivity index is 2.22. The molecule has 112 valence electrons. The van der Waals surface area contributed by atoms with Crippen LogP contribution in [0.4, 0.5) is 17.6 Å². The highest BCUT2D eigenvalue weighted by atomic mass is 19.3. The van der Waals surface area contributed by atoms with Crippen LogP contribution in [0.25, 0.3) is 0 Å². The number of carboxylic acid groups (broad SMARTS) is 2. The lowest BCUT2D eigenvalue weighted by Gasteiger charge is -2.64. The van der Waals surface area contributed by atoms with E-state index >= 15 is 0 Å². The molecule has 0 heterocycles. The summed E-state index contributed by atoms with van der Waals surface area (Å²) >= 11 is 0. The van der Waals surface area contributed by atoms with Gasteiger partial charge in [0.25, 0.3) is 11.8 Å². The number of carbonyl (C=O) groups is 2. The largest absolute Gasteiger partial charge is 0.481 e. The SMILES string of the molecule is O=C(O)[C@]12C[C@H]3C[C@H](C[C@@](C(=O)O)(C1)C3(F)F)C2(F)F. The fourth-order valence-electron chi connectivity index (χ4n) is 4.46. The van der Waals surface area contributed by atoms with Gasteiger partial charge in [-0.2, -0.15) is 0 Å². The molecule has 4 fully saturated rings. The number of hydrogen-bond donors (Lipinski definition) is 2. The molecule has 2 N–H and O–H groups in total. The zero-order valence-electron chi connectivity index (χ0n) is 10.2. The summed E-state index contributed by atoms with van der Waals surface area (Å²) in [7, 11) is 0. The number of alkyl halides is 4. The van der Waals surface area contributed by atoms with Gasteiger partial charge in [0.1, 0.15) is 10.8 Å². The number of aliphatic carboxylic acids is 2. The first-order valence-electron chi connectivity index (χ1n) is 6.24. The van der Waals surface area contributed by atoms with E-state index in [1.165, 1.54) is 0 Å². The van der Waals surface area contributed by atoms with Crippen LogP contribution >= 0.6 is 0 Å². The number of carboxylic acids is 2. The van der Waals surface area contributed by atoms with Crippen molar-refractivity contribution in [2.24, 2.45) is 22.7 Å². The molecule has 0 amide bonds. The zero-order chi connectivity index (χ0) is 15.1. The number of halogens is 4. The van der Waals surface area contributed by atoms with E-state index in [1.807, 2.05) is 0 Å². The molecule has 0 unspecified atom stereocenters. The molecule has 4 nitrogen and oxygen atoms in total. The van der Waals surface area contributed by atoms with Gasteiger partial charge < -0.3 is 10.2 Å². The first-order chi connectivity index (χ1) is 9.01. The quantitative estimate of drug-likeness (QED) is 0.766. The molecule has 20 heavy (non-hydrogen) atoms. The van der Waals surface area contributed by atoms with Gasteiger partial charge in [-0.05, 0) is 25.7 Å². The molecule has 4 aliphatic rings. The highest BCUT2D eigenvalue weighted by Crippen LogP contribution is 2.74. The van der Waals surface area contributed by atoms with Gasteiger partial charge in [-0.25, -0.2) is 17.6 Å². The van der Waals surface area contributed by atoms with Crippen LogP contribution in [-0.2, 0) is 9.59 Å². The standard InChI is InChI=1S/C12H12F4O4/c13-11(14)5-1-6-3-10(11,8(19)20)4-9(2-5,7(17)18)12(6,15)16/h5-6H,1-4H2,(H,17,18)(H,19,20)/t5-,6-,9+,10+/m1/s1. The van der Waals surface area contributed by atoms with Gasteiger partial charge in [-0.15, -0.1) is 0 Å². The van der Waals surface area contributed by atoms with Gasteiger partial charge in [0.05, 0.1) is 0 Å². The molecule has 4 saturated carbocycles. The van der Waals surface area contributed by atoms with Crippen LogP contribution in [0.5, 0.6) is 0 Å². The van der Waals surface area contributed by atoms with E-state index in [2.05, 4.69) is 0 Å². The van der Waals surface area contributed by atoms with Crippen LogP contribution in [0.3, 0.4) is 0 Å². The summed E-state index contributed by atoms with van der Waals surface area (Å²) in [6.45, 7) is 0. The van der Waals surface area contributed by atoms with Crippen molar-refractivity contribution in [1.82, 2.24) is 0 Å². The maximum Gasteiger partial charge on any atom is 0.315 e. The molecule has 4 bridgehead atoms. The highest BCUT2D eigenvalue weighted by molar-refractivity contribution is 5.83. The molecule has 4 atom stereocenters. The van der Waals surface area contributed by atoms with Crippen molar-refractivity contribution in [2.45, 2.75) is 37.5 Å². The maximum atomic E-state index is 14.3. The second kappa shape index (κ2) is 3.28. The van der Waals surface area contributed by atoms with Gasteiger partial charge in [0, 0.05) is 11.8 Å². The smallest absolute Gasteiger partial charge is 0.315 e. The van der Waals surface area contributed by atoms with Crippen molar-refractivity contribution in [3.63, 3.8) is 0 Å². The van der Waals surface area contributed by atoms with Crippen LogP contribution in [0.15, 0.2) is 0 Å². The lowest BCUT2D eigenvalue weighted by molar-refractivity contribution is -0.337. The Bertz CT molecular complexity index is 476. The Labute approximate surface area is 110 Å². The van der Waals surface area contributed by atoms with E-state index in [0.717, 1.165) is 0 Å². The average Bonchev–Trinajstić information content (AvgIpc) is 2.25. The van der Waals surface area contributed by atoms with Gasteiger partial charge in [0.15, 0.2) is 0 Å². The summed E-state index contributed by atoms with van der Waals surface area (Å²) in [5.41, 5.74) is -5.36. The minimum atomic E-state index is -3.65. The monoisotopic (exact) mass is 296 g/mol. The minimum absolute atomic E-state index is 0.524. The maximum absolute atomic E-state index is 14.3. The van der Waals surface area contributed by atoms with Crippen LogP contribution in [-0.4, -0.2) is 34.0 Å². The van der Waals surface area contributed by atoms with Gasteiger partial charge in [-0.3, -0.25) is 9.59 Å². The molecule has 0 radical (unpaired) electrons. The summed E-state index contributed by atoms with van der Waals surface area (Å²) in [4.78, 5) is 22.7. The van der Waals surface area contributed by atoms with Gasteiger partial charge in [0.2, 0.25) is 0 Å². The van der Waals surface area contributed by atoms with E-state index in [9.17, 15) is 27.2 Å². The average molecular weight is 296 g/mol. The molecule has 4 aliphatic carbocycles.